The zero-order chi connectivity index (χ0) is 17.8. The van der Waals surface area contributed by atoms with E-state index in [0.29, 0.717) is 0 Å². The van der Waals surface area contributed by atoms with Gasteiger partial charge in [0.05, 0.1) is 5.92 Å². The summed E-state index contributed by atoms with van der Waals surface area (Å²) >= 11 is 0. The molecule has 2 N–H and O–H groups in total. The van der Waals surface area contributed by atoms with Crippen LogP contribution in [0.15, 0.2) is 0 Å². The van der Waals surface area contributed by atoms with Gasteiger partial charge in [0.15, 0.2) is 0 Å². The van der Waals surface area contributed by atoms with E-state index in [-0.39, 0.29) is 25.2 Å². The molecule has 1 aliphatic carbocycles. The van der Waals surface area contributed by atoms with E-state index in [1.807, 2.05) is 5.32 Å². The largest absolute Gasteiger partial charge is 0.444 e. The molecule has 1 aliphatic rings. The van der Waals surface area contributed by atoms with Crippen molar-refractivity contribution in [2.45, 2.75) is 57.9 Å². The van der Waals surface area contributed by atoms with Crippen LogP contribution < -0.4 is 10.6 Å². The van der Waals surface area contributed by atoms with Gasteiger partial charge in [-0.1, -0.05) is 0 Å². The summed E-state index contributed by atoms with van der Waals surface area (Å²) < 4.78 is 43.6. The summed E-state index contributed by atoms with van der Waals surface area (Å²) in [6.07, 6.45) is -6.03. The quantitative estimate of drug-likeness (QED) is 0.802. The van der Waals surface area contributed by atoms with Crippen molar-refractivity contribution in [3.8, 4) is 0 Å². The number of halogens is 3. The summed E-state index contributed by atoms with van der Waals surface area (Å²) in [5, 5.41) is 4.11. The molecule has 0 unspecified atom stereocenters. The lowest BCUT2D eigenvalue weighted by Gasteiger charge is -2.28. The predicted octanol–water partition coefficient (Wildman–Crippen LogP) is 1.93. The van der Waals surface area contributed by atoms with Gasteiger partial charge in [-0.2, -0.15) is 13.2 Å². The van der Waals surface area contributed by atoms with Crippen molar-refractivity contribution in [2.75, 3.05) is 6.54 Å². The number of alkyl halides is 3. The predicted molar refractivity (Wildman–Crippen MR) is 74.6 cm³/mol. The maximum Gasteiger partial charge on any atom is 0.408 e. The molecule has 0 aromatic carbocycles. The van der Waals surface area contributed by atoms with Crippen molar-refractivity contribution in [1.82, 2.24) is 10.6 Å². The monoisotopic (exact) mass is 338 g/mol. The van der Waals surface area contributed by atoms with E-state index in [9.17, 15) is 27.6 Å². The standard InChI is InChI=1S/C14H21F3N2O4/c1-13(2,3)23-12(22)18-5-4-10(14(15,16)17)19-11(21)8-6-9(20)7-8/h8,10H,4-7H2,1-3H3,(H,18,22)(H,19,21)/t10-/m1/s1. The Morgan fingerprint density at radius 3 is 2.26 bits per heavy atom. The molecular weight excluding hydrogens is 317 g/mol. The molecule has 0 aromatic rings. The number of ether oxygens (including phenoxy) is 1. The van der Waals surface area contributed by atoms with Gasteiger partial charge in [-0.15, -0.1) is 0 Å². The second-order valence-electron chi connectivity index (χ2n) is 6.46. The lowest BCUT2D eigenvalue weighted by atomic mass is 9.83. The van der Waals surface area contributed by atoms with Gasteiger partial charge >= 0.3 is 12.3 Å². The second-order valence-corrected chi connectivity index (χ2v) is 6.46. The smallest absolute Gasteiger partial charge is 0.408 e. The van der Waals surface area contributed by atoms with Crippen LogP contribution in [0.5, 0.6) is 0 Å². The molecule has 0 bridgehead atoms. The summed E-state index contributed by atoms with van der Waals surface area (Å²) in [5.41, 5.74) is -0.751. The number of carbonyl (C=O) groups excluding carboxylic acids is 3. The highest BCUT2D eigenvalue weighted by molar-refractivity contribution is 5.96. The SMILES string of the molecule is CC(C)(C)OC(=O)NCC[C@@H](NC(=O)C1CC(=O)C1)C(F)(F)F. The highest BCUT2D eigenvalue weighted by atomic mass is 19.4. The third kappa shape index (κ3) is 6.87. The molecule has 0 aromatic heterocycles. The van der Waals surface area contributed by atoms with Crippen LogP contribution in [-0.2, 0) is 14.3 Å². The van der Waals surface area contributed by atoms with Crippen molar-refractivity contribution in [3.63, 3.8) is 0 Å². The molecular formula is C14H21F3N2O4. The molecule has 0 radical (unpaired) electrons. The van der Waals surface area contributed by atoms with E-state index >= 15 is 0 Å². The number of rotatable bonds is 5. The normalized spacial score (nSPS) is 17.2. The molecule has 1 saturated carbocycles. The van der Waals surface area contributed by atoms with Crippen LogP contribution in [0.25, 0.3) is 0 Å². The van der Waals surface area contributed by atoms with Gasteiger partial charge in [0, 0.05) is 19.4 Å². The van der Waals surface area contributed by atoms with Crippen molar-refractivity contribution in [2.24, 2.45) is 5.92 Å². The van der Waals surface area contributed by atoms with Crippen LogP contribution in [0.2, 0.25) is 0 Å². The molecule has 1 rings (SSSR count). The number of amides is 2. The first-order chi connectivity index (χ1) is 10.4. The summed E-state index contributed by atoms with van der Waals surface area (Å²) in [4.78, 5) is 33.8. The van der Waals surface area contributed by atoms with E-state index in [4.69, 9.17) is 4.74 Å². The van der Waals surface area contributed by atoms with Gasteiger partial charge in [0.2, 0.25) is 5.91 Å². The van der Waals surface area contributed by atoms with Crippen LogP contribution in [0.1, 0.15) is 40.0 Å². The van der Waals surface area contributed by atoms with E-state index in [1.165, 1.54) is 0 Å². The van der Waals surface area contributed by atoms with Crippen LogP contribution in [0.3, 0.4) is 0 Å². The van der Waals surface area contributed by atoms with Crippen LogP contribution in [0, 0.1) is 5.92 Å². The Morgan fingerprint density at radius 2 is 1.83 bits per heavy atom. The zero-order valence-corrected chi connectivity index (χ0v) is 13.3. The maximum absolute atomic E-state index is 12.9. The van der Waals surface area contributed by atoms with Crippen molar-refractivity contribution >= 4 is 17.8 Å². The molecule has 1 fully saturated rings. The molecule has 23 heavy (non-hydrogen) atoms. The second kappa shape index (κ2) is 7.18. The third-order valence-corrected chi connectivity index (χ3v) is 3.13. The Kier molecular flexibility index (Phi) is 6.01. The Morgan fingerprint density at radius 1 is 1.26 bits per heavy atom. The van der Waals surface area contributed by atoms with Crippen LogP contribution in [0.4, 0.5) is 18.0 Å². The molecule has 0 heterocycles. The van der Waals surface area contributed by atoms with Gasteiger partial charge in [0.25, 0.3) is 0 Å². The minimum Gasteiger partial charge on any atom is -0.444 e. The highest BCUT2D eigenvalue weighted by Gasteiger charge is 2.42. The van der Waals surface area contributed by atoms with Gasteiger partial charge in [-0.25, -0.2) is 4.79 Å². The van der Waals surface area contributed by atoms with E-state index in [0.717, 1.165) is 0 Å². The van der Waals surface area contributed by atoms with Gasteiger partial charge in [-0.05, 0) is 27.2 Å². The Hall–Kier alpha value is -1.80. The number of hydrogen-bond donors (Lipinski definition) is 2. The van der Waals surface area contributed by atoms with E-state index < -0.39 is 42.2 Å². The highest BCUT2D eigenvalue weighted by Crippen LogP contribution is 2.26. The van der Waals surface area contributed by atoms with Gasteiger partial charge in [-0.3, -0.25) is 9.59 Å². The van der Waals surface area contributed by atoms with Crippen molar-refractivity contribution < 1.29 is 32.3 Å². The summed E-state index contributed by atoms with van der Waals surface area (Å²) in [6.45, 7) is 4.59. The summed E-state index contributed by atoms with van der Waals surface area (Å²) in [5.74, 6) is -1.62. The van der Waals surface area contributed by atoms with Crippen molar-refractivity contribution in [1.29, 1.82) is 0 Å². The fourth-order valence-electron chi connectivity index (χ4n) is 1.92. The number of Topliss-reactive ketones (excluding diaryl/α,β-unsaturated/α-hetero) is 1. The third-order valence-electron chi connectivity index (χ3n) is 3.13. The average Bonchev–Trinajstić information content (AvgIpc) is 2.30. The zero-order valence-electron chi connectivity index (χ0n) is 13.3. The lowest BCUT2D eigenvalue weighted by Crippen LogP contribution is -2.51. The molecule has 0 aliphatic heterocycles. The maximum atomic E-state index is 12.9. The van der Waals surface area contributed by atoms with Gasteiger partial charge in [0.1, 0.15) is 17.4 Å². The van der Waals surface area contributed by atoms with E-state index in [2.05, 4.69) is 5.32 Å². The fourth-order valence-corrected chi connectivity index (χ4v) is 1.92. The molecule has 9 heteroatoms. The van der Waals surface area contributed by atoms with Crippen LogP contribution in [-0.4, -0.2) is 42.1 Å². The Balaban J connectivity index is 2.45. The lowest BCUT2D eigenvalue weighted by molar-refractivity contribution is -0.165. The number of carbonyl (C=O) groups is 3. The molecule has 132 valence electrons. The minimum atomic E-state index is -4.64. The first kappa shape index (κ1) is 19.2. The molecule has 0 spiro atoms. The molecule has 1 atom stereocenters. The Bertz CT molecular complexity index is 464. The fraction of sp³-hybridized carbons (Fsp3) is 0.786. The summed E-state index contributed by atoms with van der Waals surface area (Å²) in [6, 6.07) is -2.08. The number of hydrogen-bond acceptors (Lipinski definition) is 4. The first-order valence-electron chi connectivity index (χ1n) is 7.24. The number of alkyl carbamates (subject to hydrolysis) is 1. The number of nitrogens with one attached hydrogen (secondary N) is 2. The Labute approximate surface area is 132 Å². The van der Waals surface area contributed by atoms with Crippen LogP contribution >= 0.6 is 0 Å². The molecule has 2 amide bonds. The number of ketones is 1. The average molecular weight is 338 g/mol. The first-order valence-corrected chi connectivity index (χ1v) is 7.24. The minimum absolute atomic E-state index is 0.0213. The van der Waals surface area contributed by atoms with E-state index in [1.54, 1.807) is 20.8 Å². The van der Waals surface area contributed by atoms with Gasteiger partial charge < -0.3 is 15.4 Å². The molecule has 6 nitrogen and oxygen atoms in total. The summed E-state index contributed by atoms with van der Waals surface area (Å²) in [7, 11) is 0. The molecule has 0 saturated heterocycles. The van der Waals surface area contributed by atoms with Crippen molar-refractivity contribution in [3.05, 3.63) is 0 Å². The topological polar surface area (TPSA) is 84.5 Å².